The molecular formula is C15H18BrNS. The van der Waals surface area contributed by atoms with Crippen molar-refractivity contribution in [3.63, 3.8) is 0 Å². The Morgan fingerprint density at radius 3 is 2.78 bits per heavy atom. The Labute approximate surface area is 121 Å². The molecule has 0 aliphatic heterocycles. The molecule has 2 aromatic rings. The Morgan fingerprint density at radius 2 is 2.17 bits per heavy atom. The lowest BCUT2D eigenvalue weighted by Crippen LogP contribution is -2.17. The lowest BCUT2D eigenvalue weighted by Gasteiger charge is -2.17. The van der Waals surface area contributed by atoms with Gasteiger partial charge in [0.1, 0.15) is 0 Å². The highest BCUT2D eigenvalue weighted by Crippen LogP contribution is 2.24. The van der Waals surface area contributed by atoms with Crippen LogP contribution in [0.5, 0.6) is 0 Å². The molecule has 0 radical (unpaired) electrons. The molecule has 1 unspecified atom stereocenters. The van der Waals surface area contributed by atoms with Crippen molar-refractivity contribution in [1.82, 2.24) is 5.32 Å². The highest BCUT2D eigenvalue weighted by Gasteiger charge is 2.10. The molecular weight excluding hydrogens is 306 g/mol. The first kappa shape index (κ1) is 13.8. The molecule has 1 N–H and O–H groups in total. The first-order valence-electron chi connectivity index (χ1n) is 6.16. The van der Waals surface area contributed by atoms with Gasteiger partial charge in [0, 0.05) is 15.4 Å². The van der Waals surface area contributed by atoms with Gasteiger partial charge in [-0.15, -0.1) is 11.3 Å². The summed E-state index contributed by atoms with van der Waals surface area (Å²) in [5.41, 5.74) is 2.67. The summed E-state index contributed by atoms with van der Waals surface area (Å²) in [7, 11) is 2.04. The summed E-state index contributed by atoms with van der Waals surface area (Å²) in [6.07, 6.45) is 2.27. The highest BCUT2D eigenvalue weighted by molar-refractivity contribution is 9.10. The molecule has 2 rings (SSSR count). The average molecular weight is 324 g/mol. The molecule has 0 fully saturated rings. The maximum atomic E-state index is 3.55. The second kappa shape index (κ2) is 6.50. The van der Waals surface area contributed by atoms with Crippen LogP contribution in [-0.2, 0) is 6.42 Å². The lowest BCUT2D eigenvalue weighted by molar-refractivity contribution is 0.551. The average Bonchev–Trinajstić information content (AvgIpc) is 2.87. The first-order chi connectivity index (χ1) is 8.70. The van der Waals surface area contributed by atoms with Crippen LogP contribution in [0.25, 0.3) is 0 Å². The van der Waals surface area contributed by atoms with E-state index >= 15 is 0 Å². The van der Waals surface area contributed by atoms with Crippen LogP contribution in [0.15, 0.2) is 40.2 Å². The fourth-order valence-electron chi connectivity index (χ4n) is 2.10. The Bertz CT molecular complexity index is 493. The van der Waals surface area contributed by atoms with E-state index in [0.717, 1.165) is 12.8 Å². The summed E-state index contributed by atoms with van der Waals surface area (Å²) in [6, 6.07) is 11.4. The van der Waals surface area contributed by atoms with Gasteiger partial charge in [-0.25, -0.2) is 0 Å². The Balaban J connectivity index is 2.05. The van der Waals surface area contributed by atoms with Gasteiger partial charge in [-0.05, 0) is 55.5 Å². The molecule has 3 heteroatoms. The molecule has 0 aliphatic carbocycles. The van der Waals surface area contributed by atoms with Gasteiger partial charge in [-0.3, -0.25) is 0 Å². The van der Waals surface area contributed by atoms with Gasteiger partial charge in [0.05, 0.1) is 0 Å². The summed E-state index contributed by atoms with van der Waals surface area (Å²) in [6.45, 7) is 2.14. The van der Waals surface area contributed by atoms with E-state index in [0.29, 0.717) is 6.04 Å². The summed E-state index contributed by atoms with van der Waals surface area (Å²) in [4.78, 5) is 1.46. The number of rotatable bonds is 5. The fraction of sp³-hybridized carbons (Fsp3) is 0.333. The third-order valence-electron chi connectivity index (χ3n) is 3.19. The zero-order valence-corrected chi connectivity index (χ0v) is 13.1. The topological polar surface area (TPSA) is 12.0 Å². The fourth-order valence-corrected chi connectivity index (χ4v) is 3.08. The summed E-state index contributed by atoms with van der Waals surface area (Å²) in [5.74, 6) is 0. The predicted molar refractivity (Wildman–Crippen MR) is 83.3 cm³/mol. The van der Waals surface area contributed by atoms with Gasteiger partial charge in [-0.1, -0.05) is 34.1 Å². The van der Waals surface area contributed by atoms with Crippen molar-refractivity contribution in [2.75, 3.05) is 7.05 Å². The van der Waals surface area contributed by atoms with Gasteiger partial charge < -0.3 is 5.32 Å². The molecule has 96 valence electrons. The SMILES string of the molecule is CNC(CCc1cccs1)c1ccc(Br)c(C)c1. The quantitative estimate of drug-likeness (QED) is 0.840. The zero-order chi connectivity index (χ0) is 13.0. The molecule has 18 heavy (non-hydrogen) atoms. The molecule has 0 bridgehead atoms. The van der Waals surface area contributed by atoms with Gasteiger partial charge in [0.15, 0.2) is 0 Å². The molecule has 1 atom stereocenters. The molecule has 0 aliphatic rings. The number of aryl methyl sites for hydroxylation is 2. The van der Waals surface area contributed by atoms with Crippen LogP contribution in [0, 0.1) is 6.92 Å². The molecule has 0 spiro atoms. The van der Waals surface area contributed by atoms with Crippen molar-refractivity contribution in [3.8, 4) is 0 Å². The van der Waals surface area contributed by atoms with Crippen molar-refractivity contribution < 1.29 is 0 Å². The molecule has 1 aromatic heterocycles. The number of thiophene rings is 1. The summed E-state index contributed by atoms with van der Waals surface area (Å²) in [5, 5.41) is 5.56. The molecule has 0 saturated heterocycles. The van der Waals surface area contributed by atoms with E-state index in [9.17, 15) is 0 Å². The molecule has 1 aromatic carbocycles. The second-order valence-corrected chi connectivity index (χ2v) is 6.35. The third-order valence-corrected chi connectivity index (χ3v) is 5.02. The van der Waals surface area contributed by atoms with Crippen molar-refractivity contribution in [1.29, 1.82) is 0 Å². The second-order valence-electron chi connectivity index (χ2n) is 4.47. The van der Waals surface area contributed by atoms with Crippen LogP contribution in [0.2, 0.25) is 0 Å². The Morgan fingerprint density at radius 1 is 1.33 bits per heavy atom. The van der Waals surface area contributed by atoms with Crippen molar-refractivity contribution in [2.24, 2.45) is 0 Å². The molecule has 1 heterocycles. The van der Waals surface area contributed by atoms with Crippen LogP contribution < -0.4 is 5.32 Å². The summed E-state index contributed by atoms with van der Waals surface area (Å²) < 4.78 is 1.18. The maximum Gasteiger partial charge on any atom is 0.0321 e. The van der Waals surface area contributed by atoms with E-state index in [-0.39, 0.29) is 0 Å². The van der Waals surface area contributed by atoms with Crippen molar-refractivity contribution in [3.05, 3.63) is 56.2 Å². The van der Waals surface area contributed by atoms with Crippen molar-refractivity contribution in [2.45, 2.75) is 25.8 Å². The standard InChI is InChI=1S/C15H18BrNS/c1-11-10-12(5-7-14(11)16)15(17-2)8-6-13-4-3-9-18-13/h3-5,7,9-10,15,17H,6,8H2,1-2H3. The normalized spacial score (nSPS) is 12.6. The monoisotopic (exact) mass is 323 g/mol. The lowest BCUT2D eigenvalue weighted by atomic mass is 10.00. The number of halogens is 1. The van der Waals surface area contributed by atoms with Gasteiger partial charge >= 0.3 is 0 Å². The minimum atomic E-state index is 0.430. The van der Waals surface area contributed by atoms with E-state index in [1.54, 1.807) is 0 Å². The highest BCUT2D eigenvalue weighted by atomic mass is 79.9. The third kappa shape index (κ3) is 3.44. The number of benzene rings is 1. The zero-order valence-electron chi connectivity index (χ0n) is 10.7. The first-order valence-corrected chi connectivity index (χ1v) is 7.83. The van der Waals surface area contributed by atoms with E-state index in [4.69, 9.17) is 0 Å². The Hall–Kier alpha value is -0.640. The molecule has 1 nitrogen and oxygen atoms in total. The smallest absolute Gasteiger partial charge is 0.0321 e. The number of hydrogen-bond donors (Lipinski definition) is 1. The maximum absolute atomic E-state index is 3.55. The van der Waals surface area contributed by atoms with Crippen LogP contribution in [-0.4, -0.2) is 7.05 Å². The minimum absolute atomic E-state index is 0.430. The molecule has 0 saturated carbocycles. The van der Waals surface area contributed by atoms with Gasteiger partial charge in [0.25, 0.3) is 0 Å². The molecule has 0 amide bonds. The van der Waals surface area contributed by atoms with Gasteiger partial charge in [-0.2, -0.15) is 0 Å². The number of hydrogen-bond acceptors (Lipinski definition) is 2. The van der Waals surface area contributed by atoms with Crippen LogP contribution in [0.1, 0.15) is 28.5 Å². The van der Waals surface area contributed by atoms with E-state index in [2.05, 4.69) is 63.9 Å². The largest absolute Gasteiger partial charge is 0.313 e. The summed E-state index contributed by atoms with van der Waals surface area (Å²) >= 11 is 5.39. The number of nitrogens with one attached hydrogen (secondary N) is 1. The van der Waals surface area contributed by atoms with Crippen LogP contribution in [0.4, 0.5) is 0 Å². The Kier molecular flexibility index (Phi) is 4.98. The van der Waals surface area contributed by atoms with Crippen LogP contribution in [0.3, 0.4) is 0 Å². The van der Waals surface area contributed by atoms with E-state index in [1.807, 2.05) is 18.4 Å². The van der Waals surface area contributed by atoms with E-state index in [1.165, 1.54) is 20.5 Å². The van der Waals surface area contributed by atoms with Crippen molar-refractivity contribution >= 4 is 27.3 Å². The minimum Gasteiger partial charge on any atom is -0.313 e. The van der Waals surface area contributed by atoms with Gasteiger partial charge in [0.2, 0.25) is 0 Å². The van der Waals surface area contributed by atoms with E-state index < -0.39 is 0 Å². The predicted octanol–water partition coefficient (Wildman–Crippen LogP) is 4.71. The van der Waals surface area contributed by atoms with Crippen LogP contribution >= 0.6 is 27.3 Å².